The van der Waals surface area contributed by atoms with E-state index in [1.54, 1.807) is 0 Å². The van der Waals surface area contributed by atoms with Crippen molar-refractivity contribution in [3.63, 3.8) is 0 Å². The number of halogens is 2. The number of benzene rings is 1. The maximum Gasteiger partial charge on any atom is 0.252 e. The predicted molar refractivity (Wildman–Crippen MR) is 74.4 cm³/mol. The summed E-state index contributed by atoms with van der Waals surface area (Å²) in [5.74, 6) is -0.790. The first-order chi connectivity index (χ1) is 9.01. The molecule has 1 amide bonds. The second kappa shape index (κ2) is 5.88. The van der Waals surface area contributed by atoms with Crippen LogP contribution in [0.3, 0.4) is 0 Å². The van der Waals surface area contributed by atoms with Crippen molar-refractivity contribution in [1.29, 1.82) is 0 Å². The van der Waals surface area contributed by atoms with E-state index >= 15 is 0 Å². The highest BCUT2D eigenvalue weighted by Gasteiger charge is 2.31. The Bertz CT molecular complexity index is 490. The van der Waals surface area contributed by atoms with E-state index in [2.05, 4.69) is 21.2 Å². The second-order valence-electron chi connectivity index (χ2n) is 4.57. The van der Waals surface area contributed by atoms with Gasteiger partial charge in [-0.3, -0.25) is 4.79 Å². The molecule has 0 aromatic heterocycles. The Labute approximate surface area is 119 Å². The van der Waals surface area contributed by atoms with Crippen molar-refractivity contribution in [2.24, 2.45) is 0 Å². The van der Waals surface area contributed by atoms with Gasteiger partial charge in [-0.25, -0.2) is 4.39 Å². The molecule has 19 heavy (non-hydrogen) atoms. The number of carbonyl (C=O) groups is 1. The smallest absolute Gasteiger partial charge is 0.252 e. The Hall–Kier alpha value is -1.14. The minimum atomic E-state index is -0.538. The molecule has 0 atom stereocenters. The summed E-state index contributed by atoms with van der Waals surface area (Å²) < 4.78 is 19.0. The van der Waals surface area contributed by atoms with E-state index in [0.717, 1.165) is 12.8 Å². The molecule has 1 aliphatic rings. The van der Waals surface area contributed by atoms with Gasteiger partial charge >= 0.3 is 0 Å². The van der Waals surface area contributed by atoms with Gasteiger partial charge in [0.05, 0.1) is 17.4 Å². The lowest BCUT2D eigenvalue weighted by molar-refractivity contribution is -0.00863. The summed E-state index contributed by atoms with van der Waals surface area (Å²) >= 11 is 3.17. The first kappa shape index (κ1) is 14.3. The molecule has 1 aromatic rings. The number of amides is 1. The van der Waals surface area contributed by atoms with Crippen molar-refractivity contribution in [3.8, 4) is 0 Å². The van der Waals surface area contributed by atoms with E-state index in [9.17, 15) is 9.18 Å². The highest BCUT2D eigenvalue weighted by Crippen LogP contribution is 2.26. The SMILES string of the molecule is CCOC1CC(NC(=O)c2cc(N)c(F)cc2Br)C1. The second-order valence-corrected chi connectivity index (χ2v) is 5.43. The zero-order valence-corrected chi connectivity index (χ0v) is 12.2. The molecule has 1 saturated carbocycles. The molecule has 1 aromatic carbocycles. The Kier molecular flexibility index (Phi) is 4.42. The summed E-state index contributed by atoms with van der Waals surface area (Å²) in [7, 11) is 0. The third-order valence-corrected chi connectivity index (χ3v) is 3.82. The van der Waals surface area contributed by atoms with Crippen LogP contribution >= 0.6 is 15.9 Å². The Balaban J connectivity index is 1.96. The average Bonchev–Trinajstić information content (AvgIpc) is 2.31. The maximum atomic E-state index is 13.2. The molecule has 0 unspecified atom stereocenters. The monoisotopic (exact) mass is 330 g/mol. The topological polar surface area (TPSA) is 64.3 Å². The van der Waals surface area contributed by atoms with Crippen LogP contribution < -0.4 is 11.1 Å². The fourth-order valence-electron chi connectivity index (χ4n) is 2.06. The average molecular weight is 331 g/mol. The molecular formula is C13H16BrFN2O2. The molecule has 1 aliphatic carbocycles. The zero-order valence-electron chi connectivity index (χ0n) is 10.6. The van der Waals surface area contributed by atoms with Crippen LogP contribution in [-0.2, 0) is 4.74 Å². The molecule has 0 aliphatic heterocycles. The van der Waals surface area contributed by atoms with Crippen molar-refractivity contribution in [2.75, 3.05) is 12.3 Å². The molecule has 6 heteroatoms. The summed E-state index contributed by atoms with van der Waals surface area (Å²) in [5.41, 5.74) is 5.78. The van der Waals surface area contributed by atoms with Crippen molar-refractivity contribution >= 4 is 27.5 Å². The first-order valence-corrected chi connectivity index (χ1v) is 6.97. The number of nitrogens with two attached hydrogens (primary N) is 1. The van der Waals surface area contributed by atoms with Gasteiger partial charge in [-0.05, 0) is 47.8 Å². The van der Waals surface area contributed by atoms with Crippen LogP contribution in [-0.4, -0.2) is 24.7 Å². The number of anilines is 1. The molecular weight excluding hydrogens is 315 g/mol. The third kappa shape index (κ3) is 3.25. The Morgan fingerprint density at radius 2 is 2.26 bits per heavy atom. The number of hydrogen-bond donors (Lipinski definition) is 2. The first-order valence-electron chi connectivity index (χ1n) is 6.18. The number of rotatable bonds is 4. The summed E-state index contributed by atoms with van der Waals surface area (Å²) in [6.07, 6.45) is 1.86. The fourth-order valence-corrected chi connectivity index (χ4v) is 2.55. The molecule has 2 rings (SSSR count). The third-order valence-electron chi connectivity index (χ3n) is 3.16. The lowest BCUT2D eigenvalue weighted by atomic mass is 9.89. The molecule has 0 bridgehead atoms. The van der Waals surface area contributed by atoms with E-state index in [-0.39, 0.29) is 23.7 Å². The van der Waals surface area contributed by atoms with Gasteiger partial charge in [-0.15, -0.1) is 0 Å². The number of carbonyl (C=O) groups excluding carboxylic acids is 1. The molecule has 0 radical (unpaired) electrons. The van der Waals surface area contributed by atoms with Crippen LogP contribution in [0.1, 0.15) is 30.1 Å². The Morgan fingerprint density at radius 1 is 1.58 bits per heavy atom. The van der Waals surface area contributed by atoms with E-state index < -0.39 is 5.82 Å². The molecule has 0 heterocycles. The van der Waals surface area contributed by atoms with Gasteiger partial charge in [-0.2, -0.15) is 0 Å². The van der Waals surface area contributed by atoms with Gasteiger partial charge in [0.2, 0.25) is 0 Å². The zero-order chi connectivity index (χ0) is 14.0. The molecule has 1 fully saturated rings. The quantitative estimate of drug-likeness (QED) is 0.833. The Morgan fingerprint density at radius 3 is 2.89 bits per heavy atom. The van der Waals surface area contributed by atoms with Gasteiger partial charge in [0, 0.05) is 17.1 Å². The molecule has 104 valence electrons. The highest BCUT2D eigenvalue weighted by atomic mass is 79.9. The number of ether oxygens (including phenoxy) is 1. The van der Waals surface area contributed by atoms with Crippen molar-refractivity contribution in [3.05, 3.63) is 28.0 Å². The normalized spacial score (nSPS) is 21.8. The van der Waals surface area contributed by atoms with Gasteiger partial charge < -0.3 is 15.8 Å². The largest absolute Gasteiger partial charge is 0.396 e. The molecule has 0 spiro atoms. The van der Waals surface area contributed by atoms with Gasteiger partial charge in [0.1, 0.15) is 5.82 Å². The van der Waals surface area contributed by atoms with Crippen LogP contribution in [0, 0.1) is 5.82 Å². The minimum absolute atomic E-state index is 0.0332. The van der Waals surface area contributed by atoms with Crippen LogP contribution in [0.5, 0.6) is 0 Å². The standard InChI is InChI=1S/C13H16BrFN2O2/c1-2-19-8-3-7(4-8)17-13(18)9-5-12(16)11(15)6-10(9)14/h5-8H,2-4,16H2,1H3,(H,17,18). The van der Waals surface area contributed by atoms with E-state index in [1.165, 1.54) is 12.1 Å². The van der Waals surface area contributed by atoms with Crippen molar-refractivity contribution in [1.82, 2.24) is 5.32 Å². The van der Waals surface area contributed by atoms with Crippen molar-refractivity contribution < 1.29 is 13.9 Å². The number of nitrogens with one attached hydrogen (secondary N) is 1. The molecule has 4 nitrogen and oxygen atoms in total. The van der Waals surface area contributed by atoms with Crippen LogP contribution in [0.25, 0.3) is 0 Å². The summed E-state index contributed by atoms with van der Waals surface area (Å²) in [5, 5.41) is 2.88. The summed E-state index contributed by atoms with van der Waals surface area (Å²) in [4.78, 5) is 12.0. The van der Waals surface area contributed by atoms with Gasteiger partial charge in [0.15, 0.2) is 0 Å². The van der Waals surface area contributed by atoms with Gasteiger partial charge in [-0.1, -0.05) is 0 Å². The van der Waals surface area contributed by atoms with Gasteiger partial charge in [0.25, 0.3) is 5.91 Å². The fraction of sp³-hybridized carbons (Fsp3) is 0.462. The summed E-state index contributed by atoms with van der Waals surface area (Å²) in [6, 6.07) is 2.66. The molecule has 0 saturated heterocycles. The van der Waals surface area contributed by atoms with E-state index in [4.69, 9.17) is 10.5 Å². The lowest BCUT2D eigenvalue weighted by Gasteiger charge is -2.35. The lowest BCUT2D eigenvalue weighted by Crippen LogP contribution is -2.47. The minimum Gasteiger partial charge on any atom is -0.396 e. The van der Waals surface area contributed by atoms with Crippen LogP contribution in [0.15, 0.2) is 16.6 Å². The van der Waals surface area contributed by atoms with Crippen LogP contribution in [0.2, 0.25) is 0 Å². The number of hydrogen-bond acceptors (Lipinski definition) is 3. The maximum absolute atomic E-state index is 13.2. The number of nitrogen functional groups attached to an aromatic ring is 1. The van der Waals surface area contributed by atoms with E-state index in [0.29, 0.717) is 16.6 Å². The van der Waals surface area contributed by atoms with Crippen molar-refractivity contribution in [2.45, 2.75) is 31.9 Å². The van der Waals surface area contributed by atoms with Crippen LogP contribution in [0.4, 0.5) is 10.1 Å². The predicted octanol–water partition coefficient (Wildman–Crippen LogP) is 2.47. The molecule has 3 N–H and O–H groups in total. The summed E-state index contributed by atoms with van der Waals surface area (Å²) in [6.45, 7) is 2.63. The highest BCUT2D eigenvalue weighted by molar-refractivity contribution is 9.10. The van der Waals surface area contributed by atoms with E-state index in [1.807, 2.05) is 6.92 Å².